The van der Waals surface area contributed by atoms with Crippen molar-refractivity contribution in [2.75, 3.05) is 4.90 Å². The number of para-hydroxylation sites is 2. The molecule has 3 heterocycles. The van der Waals surface area contributed by atoms with Crippen LogP contribution in [0.1, 0.15) is 5.56 Å². The van der Waals surface area contributed by atoms with Crippen molar-refractivity contribution in [3.8, 4) is 0 Å². The fraction of sp³-hybridized carbons (Fsp3) is 0.0571. The predicted molar refractivity (Wildman–Crippen MR) is 159 cm³/mol. The van der Waals surface area contributed by atoms with E-state index in [1.165, 1.54) is 60.2 Å². The molecule has 0 saturated carbocycles. The van der Waals surface area contributed by atoms with Crippen molar-refractivity contribution < 1.29 is 4.57 Å². The summed E-state index contributed by atoms with van der Waals surface area (Å²) >= 11 is 0. The van der Waals surface area contributed by atoms with Gasteiger partial charge in [0.05, 0.1) is 33.0 Å². The summed E-state index contributed by atoms with van der Waals surface area (Å²) < 4.78 is 4.79. The number of aromatic nitrogens is 2. The zero-order valence-corrected chi connectivity index (χ0v) is 21.4. The molecule has 5 aromatic carbocycles. The second-order valence-corrected chi connectivity index (χ2v) is 10.2. The molecule has 3 heteroatoms. The monoisotopic (exact) mass is 488 g/mol. The SMILES string of the molecule is Cc1ccc2c3c(N(c4ccccc4)c4ccccc4)cccc3n3c4cccc5cc[n+](C)c(c1c23)c54. The third-order valence-electron chi connectivity index (χ3n) is 8.03. The van der Waals surface area contributed by atoms with E-state index in [4.69, 9.17) is 0 Å². The van der Waals surface area contributed by atoms with Gasteiger partial charge in [0.15, 0.2) is 6.20 Å². The fourth-order valence-electron chi connectivity index (χ4n) is 6.44. The molecule has 0 N–H and O–H groups in total. The Bertz CT molecular complexity index is 2100. The lowest BCUT2D eigenvalue weighted by Crippen LogP contribution is -2.28. The van der Waals surface area contributed by atoms with Gasteiger partial charge in [-0.1, -0.05) is 66.7 Å². The smallest absolute Gasteiger partial charge is 0.224 e. The number of nitrogens with zero attached hydrogens (tertiary/aromatic N) is 3. The maximum atomic E-state index is 2.50. The molecule has 0 radical (unpaired) electrons. The minimum atomic E-state index is 1.14. The van der Waals surface area contributed by atoms with Crippen LogP contribution in [-0.4, -0.2) is 4.40 Å². The number of anilines is 3. The topological polar surface area (TPSA) is 11.5 Å². The Kier molecular flexibility index (Phi) is 4.36. The molecule has 0 atom stereocenters. The molecule has 0 saturated heterocycles. The molecule has 8 aromatic rings. The van der Waals surface area contributed by atoms with E-state index in [0.29, 0.717) is 0 Å². The second-order valence-electron chi connectivity index (χ2n) is 10.2. The summed E-state index contributed by atoms with van der Waals surface area (Å²) in [4.78, 5) is 2.39. The van der Waals surface area contributed by atoms with Crippen LogP contribution in [-0.2, 0) is 7.05 Å². The maximum Gasteiger partial charge on any atom is 0.224 e. The lowest BCUT2D eigenvalue weighted by molar-refractivity contribution is -0.643. The summed E-state index contributed by atoms with van der Waals surface area (Å²) in [5.74, 6) is 0. The summed E-state index contributed by atoms with van der Waals surface area (Å²) in [7, 11) is 2.17. The Balaban J connectivity index is 1.62. The van der Waals surface area contributed by atoms with Crippen molar-refractivity contribution in [1.82, 2.24) is 4.40 Å². The fourth-order valence-corrected chi connectivity index (χ4v) is 6.44. The number of benzene rings is 5. The van der Waals surface area contributed by atoms with Crippen LogP contribution in [0.2, 0.25) is 0 Å². The largest absolute Gasteiger partial charge is 0.310 e. The van der Waals surface area contributed by atoms with Crippen LogP contribution < -0.4 is 9.47 Å². The molecule has 38 heavy (non-hydrogen) atoms. The van der Waals surface area contributed by atoms with Gasteiger partial charge >= 0.3 is 0 Å². The summed E-state index contributed by atoms with van der Waals surface area (Å²) in [6.45, 7) is 2.24. The minimum Gasteiger partial charge on any atom is -0.310 e. The van der Waals surface area contributed by atoms with Gasteiger partial charge in [-0.05, 0) is 60.3 Å². The van der Waals surface area contributed by atoms with Gasteiger partial charge in [-0.3, -0.25) is 0 Å². The lowest BCUT2D eigenvalue weighted by atomic mass is 9.99. The molecular weight excluding hydrogens is 462 g/mol. The van der Waals surface area contributed by atoms with Crippen LogP contribution in [0, 0.1) is 6.92 Å². The normalized spacial score (nSPS) is 11.9. The number of hydrogen-bond acceptors (Lipinski definition) is 1. The number of hydrogen-bond donors (Lipinski definition) is 0. The molecule has 0 spiro atoms. The van der Waals surface area contributed by atoms with E-state index >= 15 is 0 Å². The van der Waals surface area contributed by atoms with Gasteiger partial charge in [-0.15, -0.1) is 0 Å². The molecule has 0 fully saturated rings. The van der Waals surface area contributed by atoms with Crippen LogP contribution >= 0.6 is 0 Å². The number of pyridine rings is 2. The van der Waals surface area contributed by atoms with Crippen LogP contribution in [0.4, 0.5) is 17.1 Å². The molecule has 0 aliphatic rings. The Morgan fingerprint density at radius 3 is 1.97 bits per heavy atom. The average Bonchev–Trinajstić information content (AvgIpc) is 3.30. The quantitative estimate of drug-likeness (QED) is 0.138. The Morgan fingerprint density at radius 1 is 0.605 bits per heavy atom. The van der Waals surface area contributed by atoms with Gasteiger partial charge < -0.3 is 9.30 Å². The van der Waals surface area contributed by atoms with E-state index in [-0.39, 0.29) is 0 Å². The molecule has 0 amide bonds. The highest BCUT2D eigenvalue weighted by molar-refractivity contribution is 6.27. The summed E-state index contributed by atoms with van der Waals surface area (Å²) in [6.07, 6.45) is 2.19. The van der Waals surface area contributed by atoms with Gasteiger partial charge in [-0.25, -0.2) is 4.57 Å². The van der Waals surface area contributed by atoms with E-state index in [1.807, 2.05) is 0 Å². The molecule has 0 aliphatic heterocycles. The van der Waals surface area contributed by atoms with E-state index in [2.05, 4.69) is 149 Å². The first kappa shape index (κ1) is 21.2. The van der Waals surface area contributed by atoms with Gasteiger partial charge in [-0.2, -0.15) is 0 Å². The van der Waals surface area contributed by atoms with Crippen molar-refractivity contribution in [1.29, 1.82) is 0 Å². The van der Waals surface area contributed by atoms with E-state index in [1.54, 1.807) is 0 Å². The number of aryl methyl sites for hydroxylation is 2. The molecular formula is C35H26N3+. The van der Waals surface area contributed by atoms with Gasteiger partial charge in [0.2, 0.25) is 5.52 Å². The van der Waals surface area contributed by atoms with Crippen molar-refractivity contribution in [3.05, 3.63) is 127 Å². The number of rotatable bonds is 3. The van der Waals surface area contributed by atoms with Crippen molar-refractivity contribution >= 4 is 66.1 Å². The standard InChI is InChI=1S/C35H26N3/c1-23-19-20-27-33-29(37(25-12-5-3-6-13-25)26-14-7-4-8-15-26)17-10-18-30(33)38-28-16-9-11-24-21-22-36(2)35(32(24)28)31(23)34(27)38/h3-22H,1-2H3/q+1. The maximum absolute atomic E-state index is 2.50. The molecule has 3 nitrogen and oxygen atoms in total. The zero-order chi connectivity index (χ0) is 25.4. The van der Waals surface area contributed by atoms with Crippen molar-refractivity contribution in [2.45, 2.75) is 6.92 Å². The van der Waals surface area contributed by atoms with Crippen molar-refractivity contribution in [3.63, 3.8) is 0 Å². The Hall–Kier alpha value is -4.89. The van der Waals surface area contributed by atoms with Gasteiger partial charge in [0, 0.05) is 28.2 Å². The Morgan fingerprint density at radius 2 is 1.26 bits per heavy atom. The summed E-state index contributed by atoms with van der Waals surface area (Å²) in [6, 6.07) is 41.6. The predicted octanol–water partition coefficient (Wildman–Crippen LogP) is 8.59. The lowest BCUT2D eigenvalue weighted by Gasteiger charge is -2.26. The first-order chi connectivity index (χ1) is 18.7. The highest BCUT2D eigenvalue weighted by Gasteiger charge is 2.26. The second kappa shape index (κ2) is 7.80. The van der Waals surface area contributed by atoms with Gasteiger partial charge in [0.1, 0.15) is 7.05 Å². The molecule has 0 aliphatic carbocycles. The molecule has 8 rings (SSSR count). The highest BCUT2D eigenvalue weighted by atomic mass is 15.1. The molecule has 3 aromatic heterocycles. The van der Waals surface area contributed by atoms with Crippen LogP contribution in [0.3, 0.4) is 0 Å². The molecule has 180 valence electrons. The third kappa shape index (κ3) is 2.76. The molecule has 0 bridgehead atoms. The van der Waals surface area contributed by atoms with E-state index < -0.39 is 0 Å². The summed E-state index contributed by atoms with van der Waals surface area (Å²) in [5, 5.41) is 6.45. The first-order valence-electron chi connectivity index (χ1n) is 13.1. The first-order valence-corrected chi connectivity index (χ1v) is 13.1. The van der Waals surface area contributed by atoms with Crippen molar-refractivity contribution in [2.24, 2.45) is 7.05 Å². The highest BCUT2D eigenvalue weighted by Crippen LogP contribution is 2.46. The van der Waals surface area contributed by atoms with Crippen LogP contribution in [0.5, 0.6) is 0 Å². The minimum absolute atomic E-state index is 1.14. The van der Waals surface area contributed by atoms with Crippen LogP contribution in [0.15, 0.2) is 121 Å². The summed E-state index contributed by atoms with van der Waals surface area (Å²) in [5.41, 5.74) is 9.82. The third-order valence-corrected chi connectivity index (χ3v) is 8.03. The van der Waals surface area contributed by atoms with E-state index in [9.17, 15) is 0 Å². The van der Waals surface area contributed by atoms with Crippen LogP contribution in [0.25, 0.3) is 49.0 Å². The number of fused-ring (bicyclic) bond motifs is 5. The average molecular weight is 489 g/mol. The van der Waals surface area contributed by atoms with E-state index in [0.717, 1.165) is 11.4 Å². The molecule has 0 unspecified atom stereocenters. The van der Waals surface area contributed by atoms with Gasteiger partial charge in [0.25, 0.3) is 0 Å². The zero-order valence-electron chi connectivity index (χ0n) is 21.4. The Labute approximate surface area is 220 Å².